The fraction of sp³-hybridized carbons (Fsp3) is 0.200. The van der Waals surface area contributed by atoms with Crippen LogP contribution in [-0.4, -0.2) is 17.0 Å². The molecular weight excluding hydrogens is 258 g/mol. The third-order valence-corrected chi connectivity index (χ3v) is 3.06. The van der Waals surface area contributed by atoms with Gasteiger partial charge in [-0.3, -0.25) is 4.79 Å². The van der Waals surface area contributed by atoms with E-state index in [9.17, 15) is 9.59 Å². The molecule has 20 heavy (non-hydrogen) atoms. The molecule has 2 aromatic rings. The predicted molar refractivity (Wildman–Crippen MR) is 72.8 cm³/mol. The number of amides is 1. The number of furan rings is 1. The summed E-state index contributed by atoms with van der Waals surface area (Å²) in [4.78, 5) is 23.1. The second kappa shape index (κ2) is 5.61. The van der Waals surface area contributed by atoms with Crippen LogP contribution in [0.2, 0.25) is 0 Å². The minimum Gasteiger partial charge on any atom is -0.478 e. The van der Waals surface area contributed by atoms with Gasteiger partial charge in [0, 0.05) is 17.7 Å². The Bertz CT molecular complexity index is 643. The Morgan fingerprint density at radius 3 is 2.40 bits per heavy atom. The smallest absolute Gasteiger partial charge is 0.339 e. The van der Waals surface area contributed by atoms with Crippen molar-refractivity contribution in [3.05, 3.63) is 58.5 Å². The van der Waals surface area contributed by atoms with Crippen molar-refractivity contribution in [3.8, 4) is 0 Å². The van der Waals surface area contributed by atoms with Gasteiger partial charge in [0.05, 0.1) is 0 Å². The Balaban J connectivity index is 2.16. The van der Waals surface area contributed by atoms with Crippen molar-refractivity contribution in [2.45, 2.75) is 20.4 Å². The number of hydrogen-bond acceptors (Lipinski definition) is 3. The monoisotopic (exact) mass is 273 g/mol. The Kier molecular flexibility index (Phi) is 3.89. The zero-order valence-corrected chi connectivity index (χ0v) is 11.3. The molecule has 0 atom stereocenters. The van der Waals surface area contributed by atoms with Gasteiger partial charge in [0.2, 0.25) is 0 Å². The van der Waals surface area contributed by atoms with Crippen molar-refractivity contribution < 1.29 is 19.1 Å². The van der Waals surface area contributed by atoms with Crippen LogP contribution in [-0.2, 0) is 6.54 Å². The summed E-state index contributed by atoms with van der Waals surface area (Å²) in [6.45, 7) is 3.40. The van der Waals surface area contributed by atoms with Crippen molar-refractivity contribution in [2.24, 2.45) is 0 Å². The molecule has 1 aromatic heterocycles. The first-order valence-electron chi connectivity index (χ1n) is 6.16. The summed E-state index contributed by atoms with van der Waals surface area (Å²) in [5, 5.41) is 11.9. The predicted octanol–water partition coefficient (Wildman–Crippen LogP) is 2.52. The molecule has 0 radical (unpaired) electrons. The van der Waals surface area contributed by atoms with Gasteiger partial charge in [-0.05, 0) is 26.0 Å². The normalized spacial score (nSPS) is 10.3. The van der Waals surface area contributed by atoms with Crippen LogP contribution in [0.25, 0.3) is 0 Å². The summed E-state index contributed by atoms with van der Waals surface area (Å²) in [6, 6.07) is 8.75. The lowest BCUT2D eigenvalue weighted by atomic mass is 10.1. The number of carbonyl (C=O) groups excluding carboxylic acids is 1. The van der Waals surface area contributed by atoms with Crippen molar-refractivity contribution in [1.29, 1.82) is 0 Å². The summed E-state index contributed by atoms with van der Waals surface area (Å²) in [6.07, 6.45) is 0. The average molecular weight is 273 g/mol. The molecule has 0 aliphatic heterocycles. The maximum absolute atomic E-state index is 11.9. The molecule has 5 nitrogen and oxygen atoms in total. The van der Waals surface area contributed by atoms with E-state index < -0.39 is 5.97 Å². The van der Waals surface area contributed by atoms with E-state index in [1.807, 2.05) is 6.07 Å². The number of rotatable bonds is 4. The third-order valence-electron chi connectivity index (χ3n) is 3.06. The van der Waals surface area contributed by atoms with Gasteiger partial charge in [0.15, 0.2) is 0 Å². The molecule has 0 unspecified atom stereocenters. The van der Waals surface area contributed by atoms with Crippen LogP contribution in [0.3, 0.4) is 0 Å². The SMILES string of the molecule is Cc1oc(C)c(C(=O)O)c1CNC(=O)c1ccccc1. The van der Waals surface area contributed by atoms with Crippen LogP contribution in [0.1, 0.15) is 37.8 Å². The molecule has 0 fully saturated rings. The molecule has 2 N–H and O–H groups in total. The zero-order chi connectivity index (χ0) is 14.7. The molecule has 0 saturated heterocycles. The summed E-state index contributed by atoms with van der Waals surface area (Å²) >= 11 is 0. The molecule has 0 spiro atoms. The molecule has 2 rings (SSSR count). The second-order valence-electron chi connectivity index (χ2n) is 4.42. The van der Waals surface area contributed by atoms with Crippen LogP contribution in [0.4, 0.5) is 0 Å². The highest BCUT2D eigenvalue weighted by molar-refractivity contribution is 5.94. The van der Waals surface area contributed by atoms with E-state index in [0.717, 1.165) is 0 Å². The first-order valence-corrected chi connectivity index (χ1v) is 6.16. The highest BCUT2D eigenvalue weighted by Gasteiger charge is 2.21. The summed E-state index contributed by atoms with van der Waals surface area (Å²) < 4.78 is 5.31. The Morgan fingerprint density at radius 2 is 1.80 bits per heavy atom. The Hall–Kier alpha value is -2.56. The molecular formula is C15H15NO4. The van der Waals surface area contributed by atoms with Gasteiger partial charge in [-0.1, -0.05) is 18.2 Å². The number of hydrogen-bond donors (Lipinski definition) is 2. The molecule has 104 valence electrons. The minimum atomic E-state index is -1.05. The average Bonchev–Trinajstić information content (AvgIpc) is 2.71. The van der Waals surface area contributed by atoms with Gasteiger partial charge >= 0.3 is 5.97 Å². The lowest BCUT2D eigenvalue weighted by Crippen LogP contribution is -2.23. The minimum absolute atomic E-state index is 0.121. The molecule has 1 heterocycles. The van der Waals surface area contributed by atoms with Gasteiger partial charge in [-0.2, -0.15) is 0 Å². The first kappa shape index (κ1) is 13.9. The van der Waals surface area contributed by atoms with Crippen molar-refractivity contribution in [3.63, 3.8) is 0 Å². The lowest BCUT2D eigenvalue weighted by molar-refractivity contribution is 0.0692. The van der Waals surface area contributed by atoms with E-state index >= 15 is 0 Å². The van der Waals surface area contributed by atoms with Crippen molar-refractivity contribution in [1.82, 2.24) is 5.32 Å². The fourth-order valence-electron chi connectivity index (χ4n) is 2.08. The van der Waals surface area contributed by atoms with Crippen LogP contribution in [0.15, 0.2) is 34.7 Å². The highest BCUT2D eigenvalue weighted by Crippen LogP contribution is 2.21. The third kappa shape index (κ3) is 2.71. The number of benzene rings is 1. The standard InChI is InChI=1S/C15H15NO4/c1-9-12(13(15(18)19)10(2)20-9)8-16-14(17)11-6-4-3-5-7-11/h3-7H,8H2,1-2H3,(H,16,17)(H,18,19). The molecule has 1 amide bonds. The largest absolute Gasteiger partial charge is 0.478 e. The van der Waals surface area contributed by atoms with Gasteiger partial charge in [-0.15, -0.1) is 0 Å². The number of carbonyl (C=O) groups is 2. The van der Waals surface area contributed by atoms with Crippen LogP contribution in [0.5, 0.6) is 0 Å². The van der Waals surface area contributed by atoms with Crippen LogP contribution < -0.4 is 5.32 Å². The van der Waals surface area contributed by atoms with E-state index in [1.165, 1.54) is 0 Å². The van der Waals surface area contributed by atoms with Gasteiger partial charge < -0.3 is 14.8 Å². The van der Waals surface area contributed by atoms with E-state index in [2.05, 4.69) is 5.32 Å². The maximum atomic E-state index is 11.9. The fourth-order valence-corrected chi connectivity index (χ4v) is 2.08. The topological polar surface area (TPSA) is 79.5 Å². The van der Waals surface area contributed by atoms with Crippen LogP contribution in [0, 0.1) is 13.8 Å². The number of carboxylic acids is 1. The molecule has 1 aromatic carbocycles. The summed E-state index contributed by atoms with van der Waals surface area (Å²) in [5.74, 6) is -0.448. The van der Waals surface area contributed by atoms with Gasteiger partial charge in [0.1, 0.15) is 17.1 Å². The Labute approximate surface area is 116 Å². The number of aryl methyl sites for hydroxylation is 2. The van der Waals surface area contributed by atoms with Crippen LogP contribution >= 0.6 is 0 Å². The summed E-state index contributed by atoms with van der Waals surface area (Å²) in [7, 11) is 0. The van der Waals surface area contributed by atoms with Gasteiger partial charge in [-0.25, -0.2) is 4.79 Å². The molecule has 0 saturated carbocycles. The second-order valence-corrected chi connectivity index (χ2v) is 4.42. The first-order chi connectivity index (χ1) is 9.50. The molecule has 0 aliphatic rings. The quantitative estimate of drug-likeness (QED) is 0.897. The number of aromatic carboxylic acids is 1. The summed E-state index contributed by atoms with van der Waals surface area (Å²) in [5.41, 5.74) is 1.15. The molecule has 0 aliphatic carbocycles. The van der Waals surface area contributed by atoms with Crippen molar-refractivity contribution >= 4 is 11.9 Å². The van der Waals surface area contributed by atoms with E-state index in [4.69, 9.17) is 9.52 Å². The maximum Gasteiger partial charge on any atom is 0.339 e. The highest BCUT2D eigenvalue weighted by atomic mass is 16.4. The zero-order valence-electron chi connectivity index (χ0n) is 11.3. The Morgan fingerprint density at radius 1 is 1.15 bits per heavy atom. The lowest BCUT2D eigenvalue weighted by Gasteiger charge is -2.05. The molecule has 0 bridgehead atoms. The number of nitrogens with one attached hydrogen (secondary N) is 1. The number of carboxylic acid groups (broad SMARTS) is 1. The molecule has 5 heteroatoms. The van der Waals surface area contributed by atoms with Gasteiger partial charge in [0.25, 0.3) is 5.91 Å². The van der Waals surface area contributed by atoms with E-state index in [1.54, 1.807) is 38.1 Å². The van der Waals surface area contributed by atoms with E-state index in [0.29, 0.717) is 22.6 Å². The van der Waals surface area contributed by atoms with E-state index in [-0.39, 0.29) is 18.0 Å². The van der Waals surface area contributed by atoms with Crippen molar-refractivity contribution in [2.75, 3.05) is 0 Å².